The van der Waals surface area contributed by atoms with Crippen molar-refractivity contribution in [1.82, 2.24) is 20.4 Å². The molecule has 0 saturated carbocycles. The lowest BCUT2D eigenvalue weighted by Crippen LogP contribution is -2.45. The Bertz CT molecular complexity index is 757. The quantitative estimate of drug-likeness (QED) is 0.904. The van der Waals surface area contributed by atoms with Gasteiger partial charge in [0.15, 0.2) is 5.69 Å². The largest absolute Gasteiger partial charge is 0.347 e. The van der Waals surface area contributed by atoms with Crippen molar-refractivity contribution in [2.75, 3.05) is 13.1 Å². The van der Waals surface area contributed by atoms with E-state index in [0.29, 0.717) is 5.69 Å². The predicted molar refractivity (Wildman–Crippen MR) is 98.3 cm³/mol. The van der Waals surface area contributed by atoms with Crippen molar-refractivity contribution in [3.8, 4) is 5.69 Å². The fourth-order valence-electron chi connectivity index (χ4n) is 3.91. The number of fused-ring (bicyclic) bond motifs is 1. The third-order valence-electron chi connectivity index (χ3n) is 5.31. The first kappa shape index (κ1) is 16.3. The van der Waals surface area contributed by atoms with Gasteiger partial charge in [-0.05, 0) is 64.1 Å². The van der Waals surface area contributed by atoms with Crippen molar-refractivity contribution < 1.29 is 4.79 Å². The van der Waals surface area contributed by atoms with Gasteiger partial charge in [0.25, 0.3) is 5.91 Å². The fourth-order valence-corrected chi connectivity index (χ4v) is 3.91. The zero-order valence-electron chi connectivity index (χ0n) is 14.8. The molecule has 1 aliphatic heterocycles. The van der Waals surface area contributed by atoms with Gasteiger partial charge in [-0.2, -0.15) is 5.10 Å². The van der Waals surface area contributed by atoms with E-state index in [1.54, 1.807) is 0 Å². The first-order chi connectivity index (χ1) is 12.2. The highest BCUT2D eigenvalue weighted by molar-refractivity contribution is 5.94. The molecule has 0 spiro atoms. The number of nitrogens with zero attached hydrogens (tertiary/aromatic N) is 2. The number of aryl methyl sites for hydroxylation is 1. The van der Waals surface area contributed by atoms with Crippen LogP contribution in [0.25, 0.3) is 5.69 Å². The molecule has 1 aromatic heterocycles. The van der Waals surface area contributed by atoms with Gasteiger partial charge in [0, 0.05) is 23.8 Å². The summed E-state index contributed by atoms with van der Waals surface area (Å²) in [4.78, 5) is 12.9. The maximum absolute atomic E-state index is 12.9. The van der Waals surface area contributed by atoms with Crippen LogP contribution in [0.5, 0.6) is 0 Å². The third-order valence-corrected chi connectivity index (χ3v) is 5.31. The average molecular weight is 338 g/mol. The van der Waals surface area contributed by atoms with Crippen molar-refractivity contribution in [2.45, 2.75) is 51.5 Å². The van der Waals surface area contributed by atoms with Crippen molar-refractivity contribution in [2.24, 2.45) is 0 Å². The van der Waals surface area contributed by atoms with Gasteiger partial charge in [-0.25, -0.2) is 4.68 Å². The Morgan fingerprint density at radius 2 is 2.00 bits per heavy atom. The molecule has 25 heavy (non-hydrogen) atoms. The van der Waals surface area contributed by atoms with Crippen molar-refractivity contribution >= 4 is 5.91 Å². The number of hydrogen-bond donors (Lipinski definition) is 2. The standard InChI is InChI=1S/C20H26N4O/c1-14-8-10-16(11-9-14)24-18-7-3-2-6-17(18)19(23-24)20(25)22-15-5-4-12-21-13-15/h8-11,15,21H,2-7,12-13H2,1H3,(H,22,25). The summed E-state index contributed by atoms with van der Waals surface area (Å²) < 4.78 is 1.99. The topological polar surface area (TPSA) is 59.0 Å². The Kier molecular flexibility index (Phi) is 4.57. The van der Waals surface area contributed by atoms with Crippen molar-refractivity contribution in [3.05, 3.63) is 46.8 Å². The van der Waals surface area contributed by atoms with Crippen molar-refractivity contribution in [1.29, 1.82) is 0 Å². The van der Waals surface area contributed by atoms with Gasteiger partial charge in [-0.15, -0.1) is 0 Å². The predicted octanol–water partition coefficient (Wildman–Crippen LogP) is 2.54. The van der Waals surface area contributed by atoms with Crippen LogP contribution in [0, 0.1) is 6.92 Å². The highest BCUT2D eigenvalue weighted by atomic mass is 16.2. The van der Waals surface area contributed by atoms with Crippen LogP contribution in [-0.4, -0.2) is 34.8 Å². The number of aromatic nitrogens is 2. The maximum Gasteiger partial charge on any atom is 0.272 e. The van der Waals surface area contributed by atoms with Crippen LogP contribution in [0.3, 0.4) is 0 Å². The molecule has 132 valence electrons. The van der Waals surface area contributed by atoms with E-state index in [4.69, 9.17) is 5.10 Å². The summed E-state index contributed by atoms with van der Waals surface area (Å²) in [6.45, 7) is 3.98. The van der Waals surface area contributed by atoms with Gasteiger partial charge >= 0.3 is 0 Å². The molecule has 1 atom stereocenters. The molecule has 1 fully saturated rings. The van der Waals surface area contributed by atoms with Crippen LogP contribution >= 0.6 is 0 Å². The van der Waals surface area contributed by atoms with Crippen LogP contribution in [-0.2, 0) is 12.8 Å². The second-order valence-electron chi connectivity index (χ2n) is 7.25. The molecule has 0 radical (unpaired) electrons. The smallest absolute Gasteiger partial charge is 0.272 e. The summed E-state index contributed by atoms with van der Waals surface area (Å²) in [5, 5.41) is 11.3. The van der Waals surface area contributed by atoms with Crippen molar-refractivity contribution in [3.63, 3.8) is 0 Å². The fraction of sp³-hybridized carbons (Fsp3) is 0.500. The van der Waals surface area contributed by atoms with E-state index in [1.807, 2.05) is 4.68 Å². The highest BCUT2D eigenvalue weighted by Gasteiger charge is 2.27. The van der Waals surface area contributed by atoms with E-state index >= 15 is 0 Å². The molecular formula is C20H26N4O. The molecule has 2 N–H and O–H groups in total. The van der Waals surface area contributed by atoms with Crippen LogP contribution < -0.4 is 10.6 Å². The highest BCUT2D eigenvalue weighted by Crippen LogP contribution is 2.27. The van der Waals surface area contributed by atoms with Gasteiger partial charge in [-0.1, -0.05) is 17.7 Å². The summed E-state index contributed by atoms with van der Waals surface area (Å²) in [6.07, 6.45) is 6.40. The third kappa shape index (κ3) is 3.33. The molecule has 2 aliphatic rings. The van der Waals surface area contributed by atoms with Gasteiger partial charge in [0.2, 0.25) is 0 Å². The Hall–Kier alpha value is -2.14. The number of rotatable bonds is 3. The molecular weight excluding hydrogens is 312 g/mol. The van der Waals surface area contributed by atoms with Gasteiger partial charge in [0.05, 0.1) is 5.69 Å². The van der Waals surface area contributed by atoms with Gasteiger partial charge < -0.3 is 10.6 Å². The number of carbonyl (C=O) groups is 1. The molecule has 5 nitrogen and oxygen atoms in total. The van der Waals surface area contributed by atoms with E-state index in [2.05, 4.69) is 41.8 Å². The molecule has 1 saturated heterocycles. The molecule has 1 unspecified atom stereocenters. The Morgan fingerprint density at radius 3 is 2.76 bits per heavy atom. The zero-order chi connectivity index (χ0) is 17.2. The molecule has 2 aromatic rings. The first-order valence-corrected chi connectivity index (χ1v) is 9.42. The minimum Gasteiger partial charge on any atom is -0.347 e. The van der Waals surface area contributed by atoms with Gasteiger partial charge in [0.1, 0.15) is 0 Å². The van der Waals surface area contributed by atoms with E-state index < -0.39 is 0 Å². The van der Waals surface area contributed by atoms with E-state index in [1.165, 1.54) is 11.3 Å². The van der Waals surface area contributed by atoms with Crippen LogP contribution in [0.4, 0.5) is 0 Å². The number of carbonyl (C=O) groups excluding carboxylic acids is 1. The van der Waals surface area contributed by atoms with E-state index in [-0.39, 0.29) is 11.9 Å². The Balaban J connectivity index is 1.65. The molecule has 1 aromatic carbocycles. The number of nitrogens with one attached hydrogen (secondary N) is 2. The molecule has 4 rings (SSSR count). The molecule has 2 heterocycles. The maximum atomic E-state index is 12.9. The molecule has 1 amide bonds. The zero-order valence-corrected chi connectivity index (χ0v) is 14.8. The summed E-state index contributed by atoms with van der Waals surface area (Å²) in [7, 11) is 0. The lowest BCUT2D eigenvalue weighted by Gasteiger charge is -2.23. The minimum absolute atomic E-state index is 0.0160. The number of hydrogen-bond acceptors (Lipinski definition) is 3. The Morgan fingerprint density at radius 1 is 1.20 bits per heavy atom. The first-order valence-electron chi connectivity index (χ1n) is 9.42. The van der Waals surface area contributed by atoms with E-state index in [0.717, 1.165) is 62.9 Å². The molecule has 0 bridgehead atoms. The number of piperidine rings is 1. The lowest BCUT2D eigenvalue weighted by atomic mass is 9.95. The SMILES string of the molecule is Cc1ccc(-n2nc(C(=O)NC3CCCNC3)c3c2CCCC3)cc1. The monoisotopic (exact) mass is 338 g/mol. The second-order valence-corrected chi connectivity index (χ2v) is 7.25. The summed E-state index contributed by atoms with van der Waals surface area (Å²) in [6, 6.07) is 8.58. The second kappa shape index (κ2) is 7.00. The number of benzene rings is 1. The summed E-state index contributed by atoms with van der Waals surface area (Å²) in [5.74, 6) is -0.0160. The lowest BCUT2D eigenvalue weighted by molar-refractivity contribution is 0.0924. The minimum atomic E-state index is -0.0160. The number of amides is 1. The van der Waals surface area contributed by atoms with Crippen LogP contribution in [0.2, 0.25) is 0 Å². The molecule has 1 aliphatic carbocycles. The van der Waals surface area contributed by atoms with E-state index in [9.17, 15) is 4.79 Å². The average Bonchev–Trinajstić information content (AvgIpc) is 3.03. The summed E-state index contributed by atoms with van der Waals surface area (Å²) >= 11 is 0. The van der Waals surface area contributed by atoms with Crippen LogP contribution in [0.15, 0.2) is 24.3 Å². The van der Waals surface area contributed by atoms with Gasteiger partial charge in [-0.3, -0.25) is 4.79 Å². The Labute approximate surface area is 148 Å². The summed E-state index contributed by atoms with van der Waals surface area (Å²) in [5.41, 5.74) is 5.26. The molecule has 5 heteroatoms. The normalized spacial score (nSPS) is 20.1. The van der Waals surface area contributed by atoms with Crippen LogP contribution in [0.1, 0.15) is 53.0 Å².